The van der Waals surface area contributed by atoms with Gasteiger partial charge < -0.3 is 33.3 Å². The lowest BCUT2D eigenvalue weighted by Crippen LogP contribution is -2.58. The van der Waals surface area contributed by atoms with Crippen LogP contribution < -0.4 is 0 Å². The van der Waals surface area contributed by atoms with Crippen molar-refractivity contribution in [2.24, 2.45) is 41.4 Å². The van der Waals surface area contributed by atoms with Crippen LogP contribution in [0.3, 0.4) is 0 Å². The van der Waals surface area contributed by atoms with E-state index in [0.29, 0.717) is 25.7 Å². The van der Waals surface area contributed by atoms with Gasteiger partial charge >= 0.3 is 11.9 Å². The Morgan fingerprint density at radius 1 is 0.878 bits per heavy atom. The average Bonchev–Trinajstić information content (AvgIpc) is 3.00. The minimum atomic E-state index is -0.870. The second-order valence-electron chi connectivity index (χ2n) is 15.8. The first kappa shape index (κ1) is 41.8. The van der Waals surface area contributed by atoms with Crippen molar-refractivity contribution in [3.05, 3.63) is 12.8 Å². The van der Waals surface area contributed by atoms with Crippen LogP contribution in [0.25, 0.3) is 0 Å². The Kier molecular flexibility index (Phi) is 16.0. The average molecular weight is 694 g/mol. The van der Waals surface area contributed by atoms with Gasteiger partial charge in [-0.1, -0.05) is 54.9 Å². The van der Waals surface area contributed by atoms with Gasteiger partial charge in [0.2, 0.25) is 0 Å². The van der Waals surface area contributed by atoms with E-state index in [0.717, 1.165) is 6.42 Å². The number of hydrogen-bond donors (Lipinski definition) is 0. The third kappa shape index (κ3) is 11.4. The molecule has 3 aliphatic rings. The predicted molar refractivity (Wildman–Crippen MR) is 188 cm³/mol. The summed E-state index contributed by atoms with van der Waals surface area (Å²) in [7, 11) is 3.92. The summed E-state index contributed by atoms with van der Waals surface area (Å²) >= 11 is 0. The van der Waals surface area contributed by atoms with E-state index in [9.17, 15) is 14.4 Å². The number of ether oxygens (including phenoxy) is 6. The summed E-state index contributed by atoms with van der Waals surface area (Å²) < 4.78 is 38.6. The van der Waals surface area contributed by atoms with Crippen LogP contribution in [-0.2, 0) is 42.8 Å². The molecule has 282 valence electrons. The standard InChI is InChI=1S/C39H67NO9/c1-14-15-32-22(3)18-23(4)34(42)24(5)19-25(6)35(49-39-37(46-30(11)41)31(40(12)13)20-27(8)45-39)28(9)36(29(10)38(43)47-32)48-33-17-21(2)16-26(7)44-33/h16,18,21-29,31-33,35-37,39H,14-15,17,19-20H2,1-13H3/t21?,22-,23-,24-,25+,26?,27-,28-,29-,31?,32-,33+,35+,36+,37?,39+/m1/s1. The van der Waals surface area contributed by atoms with Crippen molar-refractivity contribution in [2.75, 3.05) is 14.1 Å². The van der Waals surface area contributed by atoms with Crippen LogP contribution >= 0.6 is 0 Å². The number of hydrogen-bond acceptors (Lipinski definition) is 10. The smallest absolute Gasteiger partial charge is 0.311 e. The molecule has 4 unspecified atom stereocenters. The molecule has 16 atom stereocenters. The quantitative estimate of drug-likeness (QED) is 0.264. The van der Waals surface area contributed by atoms with Gasteiger partial charge in [0.1, 0.15) is 11.9 Å². The molecule has 3 rings (SSSR count). The second kappa shape index (κ2) is 18.8. The first-order valence-electron chi connectivity index (χ1n) is 18.8. The highest BCUT2D eigenvalue weighted by molar-refractivity contribution is 5.84. The fraction of sp³-hybridized carbons (Fsp3) is 0.872. The molecule has 2 radical (unpaired) electrons. The van der Waals surface area contributed by atoms with Crippen LogP contribution in [0.15, 0.2) is 0 Å². The number of cyclic esters (lactones) is 1. The van der Waals surface area contributed by atoms with Crippen LogP contribution in [0.2, 0.25) is 0 Å². The first-order valence-corrected chi connectivity index (χ1v) is 18.8. The monoisotopic (exact) mass is 693 g/mol. The fourth-order valence-electron chi connectivity index (χ4n) is 8.26. The summed E-state index contributed by atoms with van der Waals surface area (Å²) in [6, 6.07) is -0.132. The lowest BCUT2D eigenvalue weighted by atomic mass is 9.77. The van der Waals surface area contributed by atoms with Crippen molar-refractivity contribution >= 4 is 17.7 Å². The van der Waals surface area contributed by atoms with Crippen LogP contribution in [0, 0.1) is 54.3 Å². The molecule has 0 saturated carbocycles. The second-order valence-corrected chi connectivity index (χ2v) is 15.8. The maximum Gasteiger partial charge on any atom is 0.311 e. The zero-order valence-corrected chi connectivity index (χ0v) is 32.5. The van der Waals surface area contributed by atoms with Crippen molar-refractivity contribution < 1.29 is 42.8 Å². The Morgan fingerprint density at radius 2 is 1.55 bits per heavy atom. The fourth-order valence-corrected chi connectivity index (χ4v) is 8.26. The summed E-state index contributed by atoms with van der Waals surface area (Å²) in [6.45, 7) is 21.5. The van der Waals surface area contributed by atoms with Crippen LogP contribution in [0.5, 0.6) is 0 Å². The Bertz CT molecular complexity index is 1060. The minimum absolute atomic E-state index is 0.0947. The molecule has 49 heavy (non-hydrogen) atoms. The van der Waals surface area contributed by atoms with Gasteiger partial charge in [-0.05, 0) is 84.7 Å². The number of esters is 2. The van der Waals surface area contributed by atoms with E-state index in [1.54, 1.807) is 0 Å². The zero-order chi connectivity index (χ0) is 36.7. The topological polar surface area (TPSA) is 110 Å². The largest absolute Gasteiger partial charge is 0.462 e. The molecule has 0 spiro atoms. The molecule has 3 heterocycles. The van der Waals surface area contributed by atoms with Crippen molar-refractivity contribution in [1.82, 2.24) is 4.90 Å². The maximum absolute atomic E-state index is 14.1. The molecule has 0 bridgehead atoms. The van der Waals surface area contributed by atoms with Crippen molar-refractivity contribution in [1.29, 1.82) is 0 Å². The summed E-state index contributed by atoms with van der Waals surface area (Å²) in [5, 5.41) is 0. The Balaban J connectivity index is 2.10. The molecular formula is C39H67NO9. The number of Topliss-reactive ketones (excluding diaryl/α,β-unsaturated/α-hetero) is 1. The number of ketones is 1. The lowest BCUT2D eigenvalue weighted by molar-refractivity contribution is -0.293. The molecule has 0 aromatic heterocycles. The van der Waals surface area contributed by atoms with E-state index in [4.69, 9.17) is 28.4 Å². The van der Waals surface area contributed by atoms with Crippen LogP contribution in [0.1, 0.15) is 108 Å². The van der Waals surface area contributed by atoms with Gasteiger partial charge in [0, 0.05) is 31.1 Å². The highest BCUT2D eigenvalue weighted by Gasteiger charge is 2.47. The molecule has 10 nitrogen and oxygen atoms in total. The SMILES string of the molecule is CCC[C@H]1OC(=O)[C@H](C)[C@@H](O[C@H]2CC(C)[CH]C(C)O2)[C@H](C)[C@@H](O[C@@H]2O[C@H](C)CC(N(C)C)C2OC(C)=O)[C@@H](C)C[C@@H](C)C(=O)[C@H](C)[CH][C@H]1C. The molecule has 0 N–H and O–H groups in total. The van der Waals surface area contributed by atoms with Crippen LogP contribution in [0.4, 0.5) is 0 Å². The zero-order valence-electron chi connectivity index (χ0n) is 32.5. The summed E-state index contributed by atoms with van der Waals surface area (Å²) in [4.78, 5) is 42.3. The van der Waals surface area contributed by atoms with E-state index in [1.807, 2.05) is 73.9 Å². The van der Waals surface area contributed by atoms with E-state index in [2.05, 4.69) is 27.2 Å². The first-order chi connectivity index (χ1) is 22.9. The van der Waals surface area contributed by atoms with Crippen molar-refractivity contribution in [2.45, 2.75) is 164 Å². The third-order valence-corrected chi connectivity index (χ3v) is 10.8. The molecule has 3 saturated heterocycles. The summed E-state index contributed by atoms with van der Waals surface area (Å²) in [6.07, 6.45) is 3.75. The van der Waals surface area contributed by atoms with Gasteiger partial charge in [-0.25, -0.2) is 0 Å². The van der Waals surface area contributed by atoms with Gasteiger partial charge in [0.15, 0.2) is 18.7 Å². The molecule has 3 aliphatic heterocycles. The third-order valence-electron chi connectivity index (χ3n) is 10.8. The molecule has 0 amide bonds. The molecule has 0 aromatic rings. The Morgan fingerprint density at radius 3 is 2.14 bits per heavy atom. The number of carbonyl (C=O) groups is 3. The van der Waals surface area contributed by atoms with Gasteiger partial charge in [-0.2, -0.15) is 0 Å². The van der Waals surface area contributed by atoms with Crippen molar-refractivity contribution in [3.63, 3.8) is 0 Å². The van der Waals surface area contributed by atoms with Crippen LogP contribution in [-0.4, -0.2) is 92.0 Å². The minimum Gasteiger partial charge on any atom is -0.462 e. The van der Waals surface area contributed by atoms with Gasteiger partial charge in [-0.3, -0.25) is 14.4 Å². The molecule has 0 aliphatic carbocycles. The van der Waals surface area contributed by atoms with E-state index in [-0.39, 0.29) is 71.6 Å². The predicted octanol–water partition coefficient (Wildman–Crippen LogP) is 6.43. The van der Waals surface area contributed by atoms with Gasteiger partial charge in [-0.15, -0.1) is 0 Å². The van der Waals surface area contributed by atoms with E-state index >= 15 is 0 Å². The Labute approximate surface area is 297 Å². The number of nitrogens with zero attached hydrogens (tertiary/aromatic N) is 1. The van der Waals surface area contributed by atoms with Gasteiger partial charge in [0.05, 0.1) is 36.4 Å². The maximum atomic E-state index is 14.1. The lowest BCUT2D eigenvalue weighted by Gasteiger charge is -2.46. The van der Waals surface area contributed by atoms with Gasteiger partial charge in [0.25, 0.3) is 0 Å². The highest BCUT2D eigenvalue weighted by atomic mass is 16.7. The van der Waals surface area contributed by atoms with E-state index in [1.165, 1.54) is 6.92 Å². The number of likely N-dealkylation sites (N-methyl/N-ethyl adjacent to an activating group) is 1. The highest BCUT2D eigenvalue weighted by Crippen LogP contribution is 2.38. The normalized spacial score (nSPS) is 43.5. The molecule has 0 aromatic carbocycles. The molecule has 10 heteroatoms. The number of carbonyl (C=O) groups excluding carboxylic acids is 3. The Hall–Kier alpha value is -1.59. The van der Waals surface area contributed by atoms with E-state index < -0.39 is 42.8 Å². The van der Waals surface area contributed by atoms with Crippen molar-refractivity contribution in [3.8, 4) is 0 Å². The molecular weight excluding hydrogens is 626 g/mol. The number of rotatable bonds is 8. The summed E-state index contributed by atoms with van der Waals surface area (Å²) in [5.41, 5.74) is 0. The summed E-state index contributed by atoms with van der Waals surface area (Å²) in [5.74, 6) is -2.15. The molecule has 3 fully saturated rings.